The standard InChI is InChI=1S/C19H28N4O/c24-19(23-14-16-12-20-13-17(16)15-23)6-7-21-8-10-22(11-9-21)18-4-2-1-3-5-18/h1-5,16-17,20H,6-15H2/t16-,17+. The minimum absolute atomic E-state index is 0.356. The van der Waals surface area contributed by atoms with Crippen molar-refractivity contribution in [3.05, 3.63) is 30.3 Å². The first kappa shape index (κ1) is 15.9. The smallest absolute Gasteiger partial charge is 0.223 e. The van der Waals surface area contributed by atoms with Crippen LogP contribution in [0, 0.1) is 11.8 Å². The number of anilines is 1. The van der Waals surface area contributed by atoms with Gasteiger partial charge in [-0.3, -0.25) is 9.69 Å². The molecule has 3 aliphatic rings. The lowest BCUT2D eigenvalue weighted by atomic mass is 10.0. The van der Waals surface area contributed by atoms with Gasteiger partial charge in [0.15, 0.2) is 0 Å². The minimum Gasteiger partial charge on any atom is -0.369 e. The molecule has 5 nitrogen and oxygen atoms in total. The molecule has 3 fully saturated rings. The van der Waals surface area contributed by atoms with Gasteiger partial charge in [-0.15, -0.1) is 0 Å². The molecule has 3 saturated heterocycles. The molecule has 0 saturated carbocycles. The molecule has 1 amide bonds. The summed E-state index contributed by atoms with van der Waals surface area (Å²) in [5.74, 6) is 1.75. The number of nitrogens with one attached hydrogen (secondary N) is 1. The molecule has 3 aliphatic heterocycles. The summed E-state index contributed by atoms with van der Waals surface area (Å²) in [6.45, 7) is 9.25. The Labute approximate surface area is 144 Å². The Balaban J connectivity index is 1.20. The van der Waals surface area contributed by atoms with Gasteiger partial charge in [0.1, 0.15) is 0 Å². The summed E-state index contributed by atoms with van der Waals surface area (Å²) in [6.07, 6.45) is 0.679. The van der Waals surface area contributed by atoms with Gasteiger partial charge in [0.05, 0.1) is 0 Å². The minimum atomic E-state index is 0.356. The molecule has 0 spiro atoms. The largest absolute Gasteiger partial charge is 0.369 e. The van der Waals surface area contributed by atoms with E-state index in [1.807, 2.05) is 0 Å². The van der Waals surface area contributed by atoms with Crippen LogP contribution in [0.15, 0.2) is 30.3 Å². The SMILES string of the molecule is O=C(CCN1CCN(c2ccccc2)CC1)N1C[C@H]2CNC[C@H]2C1. The highest BCUT2D eigenvalue weighted by Crippen LogP contribution is 2.26. The Bertz CT molecular complexity index is 544. The number of hydrogen-bond donors (Lipinski definition) is 1. The number of carbonyl (C=O) groups is 1. The molecule has 1 aromatic rings. The lowest BCUT2D eigenvalue weighted by Crippen LogP contribution is -2.47. The highest BCUT2D eigenvalue weighted by molar-refractivity contribution is 5.76. The van der Waals surface area contributed by atoms with Crippen molar-refractivity contribution in [2.45, 2.75) is 6.42 Å². The summed E-state index contributed by atoms with van der Waals surface area (Å²) in [6, 6.07) is 10.6. The second-order valence-electron chi connectivity index (χ2n) is 7.39. The molecule has 3 heterocycles. The van der Waals surface area contributed by atoms with Crippen molar-refractivity contribution in [1.29, 1.82) is 0 Å². The van der Waals surface area contributed by atoms with E-state index in [0.29, 0.717) is 24.2 Å². The predicted molar refractivity (Wildman–Crippen MR) is 96.1 cm³/mol. The summed E-state index contributed by atoms with van der Waals surface area (Å²) < 4.78 is 0. The zero-order chi connectivity index (χ0) is 16.4. The summed E-state index contributed by atoms with van der Waals surface area (Å²) in [7, 11) is 0. The van der Waals surface area contributed by atoms with Crippen molar-refractivity contribution in [3.8, 4) is 0 Å². The van der Waals surface area contributed by atoms with Gasteiger partial charge in [-0.1, -0.05) is 18.2 Å². The zero-order valence-electron chi connectivity index (χ0n) is 14.4. The van der Waals surface area contributed by atoms with E-state index in [2.05, 4.69) is 50.3 Å². The van der Waals surface area contributed by atoms with E-state index in [9.17, 15) is 4.79 Å². The highest BCUT2D eigenvalue weighted by atomic mass is 16.2. The topological polar surface area (TPSA) is 38.8 Å². The number of nitrogens with zero attached hydrogens (tertiary/aromatic N) is 3. The van der Waals surface area contributed by atoms with Gasteiger partial charge in [0.25, 0.3) is 0 Å². The Hall–Kier alpha value is -1.59. The third-order valence-corrected chi connectivity index (χ3v) is 5.88. The number of carbonyl (C=O) groups excluding carboxylic acids is 1. The van der Waals surface area contributed by atoms with Gasteiger partial charge in [0.2, 0.25) is 5.91 Å². The molecular weight excluding hydrogens is 300 g/mol. The number of para-hydroxylation sites is 1. The number of hydrogen-bond acceptors (Lipinski definition) is 4. The molecule has 0 unspecified atom stereocenters. The first-order chi connectivity index (χ1) is 11.8. The van der Waals surface area contributed by atoms with Crippen molar-refractivity contribution in [3.63, 3.8) is 0 Å². The predicted octanol–water partition coefficient (Wildman–Crippen LogP) is 0.877. The molecule has 24 heavy (non-hydrogen) atoms. The van der Waals surface area contributed by atoms with Crippen LogP contribution in [0.3, 0.4) is 0 Å². The van der Waals surface area contributed by atoms with E-state index in [1.54, 1.807) is 0 Å². The zero-order valence-corrected chi connectivity index (χ0v) is 14.4. The second kappa shape index (κ2) is 7.11. The third-order valence-electron chi connectivity index (χ3n) is 5.88. The maximum absolute atomic E-state index is 12.5. The van der Waals surface area contributed by atoms with Gasteiger partial charge in [-0.05, 0) is 24.0 Å². The summed E-state index contributed by atoms with van der Waals surface area (Å²) in [5, 5.41) is 3.43. The highest BCUT2D eigenvalue weighted by Gasteiger charge is 2.37. The number of rotatable bonds is 4. The van der Waals surface area contributed by atoms with E-state index >= 15 is 0 Å². The quantitative estimate of drug-likeness (QED) is 0.890. The molecule has 0 bridgehead atoms. The number of likely N-dealkylation sites (tertiary alicyclic amines) is 1. The van der Waals surface area contributed by atoms with Crippen LogP contribution in [0.5, 0.6) is 0 Å². The molecule has 4 rings (SSSR count). The fraction of sp³-hybridized carbons (Fsp3) is 0.632. The van der Waals surface area contributed by atoms with Gasteiger partial charge in [-0.25, -0.2) is 0 Å². The fourth-order valence-corrected chi connectivity index (χ4v) is 4.34. The fourth-order valence-electron chi connectivity index (χ4n) is 4.34. The third kappa shape index (κ3) is 3.42. The lowest BCUT2D eigenvalue weighted by molar-refractivity contribution is -0.130. The van der Waals surface area contributed by atoms with Crippen LogP contribution in [-0.2, 0) is 4.79 Å². The van der Waals surface area contributed by atoms with Crippen LogP contribution in [0.2, 0.25) is 0 Å². The monoisotopic (exact) mass is 328 g/mol. The van der Waals surface area contributed by atoms with Crippen LogP contribution in [0.4, 0.5) is 5.69 Å². The molecule has 0 aromatic heterocycles. The molecular formula is C19H28N4O. The molecule has 1 aromatic carbocycles. The Morgan fingerprint density at radius 2 is 1.67 bits per heavy atom. The number of amides is 1. The van der Waals surface area contributed by atoms with Crippen molar-refractivity contribution in [1.82, 2.24) is 15.1 Å². The van der Waals surface area contributed by atoms with Crippen molar-refractivity contribution in [2.75, 3.05) is 63.8 Å². The van der Waals surface area contributed by atoms with Crippen LogP contribution in [0.25, 0.3) is 0 Å². The lowest BCUT2D eigenvalue weighted by Gasteiger charge is -2.36. The maximum Gasteiger partial charge on any atom is 0.223 e. The first-order valence-electron chi connectivity index (χ1n) is 9.30. The Morgan fingerprint density at radius 1 is 1.00 bits per heavy atom. The van der Waals surface area contributed by atoms with E-state index < -0.39 is 0 Å². The summed E-state index contributed by atoms with van der Waals surface area (Å²) in [4.78, 5) is 19.5. The van der Waals surface area contributed by atoms with Gasteiger partial charge in [0, 0.05) is 71.0 Å². The van der Waals surface area contributed by atoms with Crippen LogP contribution >= 0.6 is 0 Å². The molecule has 1 N–H and O–H groups in total. The number of benzene rings is 1. The van der Waals surface area contributed by atoms with Gasteiger partial charge >= 0.3 is 0 Å². The van der Waals surface area contributed by atoms with Crippen LogP contribution in [0.1, 0.15) is 6.42 Å². The van der Waals surface area contributed by atoms with Crippen molar-refractivity contribution in [2.24, 2.45) is 11.8 Å². The van der Waals surface area contributed by atoms with E-state index in [-0.39, 0.29) is 0 Å². The average molecular weight is 328 g/mol. The summed E-state index contributed by atoms with van der Waals surface area (Å²) in [5.41, 5.74) is 1.31. The maximum atomic E-state index is 12.5. The average Bonchev–Trinajstić information content (AvgIpc) is 3.23. The number of fused-ring (bicyclic) bond motifs is 1. The van der Waals surface area contributed by atoms with Crippen LogP contribution in [-0.4, -0.2) is 74.6 Å². The first-order valence-corrected chi connectivity index (χ1v) is 9.30. The van der Waals surface area contributed by atoms with Gasteiger partial charge in [-0.2, -0.15) is 0 Å². The summed E-state index contributed by atoms with van der Waals surface area (Å²) >= 11 is 0. The molecule has 2 atom stereocenters. The van der Waals surface area contributed by atoms with Gasteiger partial charge < -0.3 is 15.1 Å². The van der Waals surface area contributed by atoms with E-state index in [0.717, 1.165) is 58.9 Å². The molecule has 0 radical (unpaired) electrons. The molecule has 0 aliphatic carbocycles. The van der Waals surface area contributed by atoms with Crippen LogP contribution < -0.4 is 10.2 Å². The van der Waals surface area contributed by atoms with E-state index in [4.69, 9.17) is 0 Å². The molecule has 5 heteroatoms. The molecule has 130 valence electrons. The van der Waals surface area contributed by atoms with E-state index in [1.165, 1.54) is 5.69 Å². The van der Waals surface area contributed by atoms with Crippen molar-refractivity contribution >= 4 is 11.6 Å². The Morgan fingerprint density at radius 3 is 2.33 bits per heavy atom. The Kier molecular flexibility index (Phi) is 4.72. The van der Waals surface area contributed by atoms with Crippen molar-refractivity contribution < 1.29 is 4.79 Å². The normalized spacial score (nSPS) is 27.5. The number of piperazine rings is 1. The second-order valence-corrected chi connectivity index (χ2v) is 7.39.